The van der Waals surface area contributed by atoms with Crippen molar-refractivity contribution in [1.82, 2.24) is 25.1 Å². The predicted molar refractivity (Wildman–Crippen MR) is 95.3 cm³/mol. The van der Waals surface area contributed by atoms with Gasteiger partial charge in [0, 0.05) is 31.6 Å². The third-order valence-corrected chi connectivity index (χ3v) is 4.43. The molecule has 1 N–H and O–H groups in total. The van der Waals surface area contributed by atoms with Crippen LogP contribution in [0.4, 0.5) is 5.82 Å². The van der Waals surface area contributed by atoms with E-state index in [1.54, 1.807) is 11.4 Å². The van der Waals surface area contributed by atoms with Crippen molar-refractivity contribution in [3.63, 3.8) is 0 Å². The van der Waals surface area contributed by atoms with Crippen molar-refractivity contribution in [2.24, 2.45) is 0 Å². The summed E-state index contributed by atoms with van der Waals surface area (Å²) in [7, 11) is 0. The van der Waals surface area contributed by atoms with Crippen LogP contribution in [-0.2, 0) is 4.79 Å². The fourth-order valence-corrected chi connectivity index (χ4v) is 3.31. The summed E-state index contributed by atoms with van der Waals surface area (Å²) in [5.41, 5.74) is 1.70. The molecule has 1 aliphatic heterocycles. The van der Waals surface area contributed by atoms with Crippen LogP contribution in [0.3, 0.4) is 0 Å². The number of fused-ring (bicyclic) bond motifs is 1. The first-order valence-electron chi connectivity index (χ1n) is 8.50. The standard InChI is InChI=1S/C18H20N6O/c1-13(25)19-15-8-5-11-23(12-15)17-10-9-16-20-21-18(24(16)22-17)14-6-3-2-4-7-14/h2-4,6-7,9-10,15H,5,8,11-12H2,1H3,(H,19,25). The fourth-order valence-electron chi connectivity index (χ4n) is 3.31. The molecule has 7 heteroatoms. The maximum absolute atomic E-state index is 11.3. The second-order valence-corrected chi connectivity index (χ2v) is 6.34. The molecule has 0 radical (unpaired) electrons. The van der Waals surface area contributed by atoms with Crippen molar-refractivity contribution >= 4 is 17.4 Å². The number of hydrogen-bond donors (Lipinski definition) is 1. The van der Waals surface area contributed by atoms with Crippen LogP contribution in [-0.4, -0.2) is 44.8 Å². The molecule has 1 aromatic carbocycles. The number of rotatable bonds is 3. The largest absolute Gasteiger partial charge is 0.353 e. The molecule has 7 nitrogen and oxygen atoms in total. The van der Waals surface area contributed by atoms with E-state index in [4.69, 9.17) is 5.10 Å². The number of amides is 1. The first-order valence-corrected chi connectivity index (χ1v) is 8.50. The Morgan fingerprint density at radius 1 is 1.16 bits per heavy atom. The van der Waals surface area contributed by atoms with E-state index in [1.807, 2.05) is 42.5 Å². The highest BCUT2D eigenvalue weighted by Crippen LogP contribution is 2.21. The molecular weight excluding hydrogens is 316 g/mol. The number of aromatic nitrogens is 4. The molecule has 1 fully saturated rings. The number of nitrogens with zero attached hydrogens (tertiary/aromatic N) is 5. The normalized spacial score (nSPS) is 17.6. The molecule has 0 saturated carbocycles. The maximum atomic E-state index is 11.3. The molecule has 3 aromatic rings. The van der Waals surface area contributed by atoms with Gasteiger partial charge in [-0.1, -0.05) is 30.3 Å². The van der Waals surface area contributed by atoms with E-state index < -0.39 is 0 Å². The smallest absolute Gasteiger partial charge is 0.217 e. The van der Waals surface area contributed by atoms with Crippen molar-refractivity contribution in [3.8, 4) is 11.4 Å². The summed E-state index contributed by atoms with van der Waals surface area (Å²) >= 11 is 0. The second-order valence-electron chi connectivity index (χ2n) is 6.34. The van der Waals surface area contributed by atoms with E-state index in [-0.39, 0.29) is 11.9 Å². The summed E-state index contributed by atoms with van der Waals surface area (Å²) in [5.74, 6) is 1.62. The van der Waals surface area contributed by atoms with Gasteiger partial charge in [0.1, 0.15) is 5.82 Å². The lowest BCUT2D eigenvalue weighted by molar-refractivity contribution is -0.119. The first-order chi connectivity index (χ1) is 12.2. The van der Waals surface area contributed by atoms with E-state index in [2.05, 4.69) is 20.4 Å². The van der Waals surface area contributed by atoms with Crippen LogP contribution in [0.15, 0.2) is 42.5 Å². The van der Waals surface area contributed by atoms with Gasteiger partial charge in [-0.25, -0.2) is 0 Å². The lowest BCUT2D eigenvalue weighted by Crippen LogP contribution is -2.47. The molecule has 1 unspecified atom stereocenters. The van der Waals surface area contributed by atoms with Crippen molar-refractivity contribution in [2.45, 2.75) is 25.8 Å². The predicted octanol–water partition coefficient (Wildman–Crippen LogP) is 1.90. The number of benzene rings is 1. The zero-order valence-corrected chi connectivity index (χ0v) is 14.1. The van der Waals surface area contributed by atoms with E-state index >= 15 is 0 Å². The Morgan fingerprint density at radius 3 is 2.80 bits per heavy atom. The summed E-state index contributed by atoms with van der Waals surface area (Å²) < 4.78 is 1.78. The molecule has 1 saturated heterocycles. The third-order valence-electron chi connectivity index (χ3n) is 4.43. The van der Waals surface area contributed by atoms with Crippen molar-refractivity contribution in [3.05, 3.63) is 42.5 Å². The van der Waals surface area contributed by atoms with Crippen molar-refractivity contribution < 1.29 is 4.79 Å². The van der Waals surface area contributed by atoms with Crippen LogP contribution in [0.1, 0.15) is 19.8 Å². The number of carbonyl (C=O) groups is 1. The van der Waals surface area contributed by atoms with Crippen LogP contribution in [0, 0.1) is 0 Å². The fraction of sp³-hybridized carbons (Fsp3) is 0.333. The second kappa shape index (κ2) is 6.51. The molecule has 1 aliphatic rings. The van der Waals surface area contributed by atoms with Gasteiger partial charge in [-0.3, -0.25) is 4.79 Å². The Labute approximate surface area is 145 Å². The van der Waals surface area contributed by atoms with E-state index in [9.17, 15) is 4.79 Å². The summed E-state index contributed by atoms with van der Waals surface area (Å²) in [6.45, 7) is 3.25. The van der Waals surface area contributed by atoms with Crippen LogP contribution < -0.4 is 10.2 Å². The van der Waals surface area contributed by atoms with Crippen LogP contribution in [0.2, 0.25) is 0 Å². The first kappa shape index (κ1) is 15.6. The quantitative estimate of drug-likeness (QED) is 0.790. The minimum Gasteiger partial charge on any atom is -0.353 e. The zero-order valence-electron chi connectivity index (χ0n) is 14.1. The van der Waals surface area contributed by atoms with Gasteiger partial charge in [-0.15, -0.1) is 15.3 Å². The van der Waals surface area contributed by atoms with Gasteiger partial charge in [0.2, 0.25) is 5.91 Å². The molecule has 0 spiro atoms. The lowest BCUT2D eigenvalue weighted by Gasteiger charge is -2.33. The molecule has 4 rings (SSSR count). The highest BCUT2D eigenvalue weighted by Gasteiger charge is 2.22. The monoisotopic (exact) mass is 336 g/mol. The number of hydrogen-bond acceptors (Lipinski definition) is 5. The summed E-state index contributed by atoms with van der Waals surface area (Å²) in [6.07, 6.45) is 2.03. The SMILES string of the molecule is CC(=O)NC1CCCN(c2ccc3nnc(-c4ccccc4)n3n2)C1. The third kappa shape index (κ3) is 3.17. The number of piperidine rings is 1. The minimum absolute atomic E-state index is 0.0143. The van der Waals surface area contributed by atoms with Gasteiger partial charge in [-0.05, 0) is 25.0 Å². The Bertz CT molecular complexity index is 891. The van der Waals surface area contributed by atoms with Crippen LogP contribution in [0.25, 0.3) is 17.0 Å². The van der Waals surface area contributed by atoms with Crippen molar-refractivity contribution in [1.29, 1.82) is 0 Å². The number of nitrogens with one attached hydrogen (secondary N) is 1. The topological polar surface area (TPSA) is 75.4 Å². The zero-order chi connectivity index (χ0) is 17.2. The summed E-state index contributed by atoms with van der Waals surface area (Å²) in [4.78, 5) is 13.5. The Hall–Kier alpha value is -2.96. The van der Waals surface area contributed by atoms with E-state index in [0.717, 1.165) is 48.8 Å². The van der Waals surface area contributed by atoms with Crippen LogP contribution in [0.5, 0.6) is 0 Å². The molecule has 128 valence electrons. The summed E-state index contributed by atoms with van der Waals surface area (Å²) in [5, 5.41) is 16.3. The molecule has 0 bridgehead atoms. The van der Waals surface area contributed by atoms with Gasteiger partial charge in [0.15, 0.2) is 11.5 Å². The minimum atomic E-state index is 0.0143. The Balaban J connectivity index is 1.65. The molecule has 2 aromatic heterocycles. The van der Waals surface area contributed by atoms with E-state index in [0.29, 0.717) is 0 Å². The van der Waals surface area contributed by atoms with Gasteiger partial charge in [0.25, 0.3) is 0 Å². The van der Waals surface area contributed by atoms with Crippen molar-refractivity contribution in [2.75, 3.05) is 18.0 Å². The Morgan fingerprint density at radius 2 is 2.00 bits per heavy atom. The molecular formula is C18H20N6O. The van der Waals surface area contributed by atoms with Gasteiger partial charge < -0.3 is 10.2 Å². The van der Waals surface area contributed by atoms with Gasteiger partial charge >= 0.3 is 0 Å². The molecule has 3 heterocycles. The number of carbonyl (C=O) groups excluding carboxylic acids is 1. The number of anilines is 1. The molecule has 25 heavy (non-hydrogen) atoms. The average molecular weight is 336 g/mol. The highest BCUT2D eigenvalue weighted by atomic mass is 16.1. The summed E-state index contributed by atoms with van der Waals surface area (Å²) in [6, 6.07) is 14.0. The van der Waals surface area contributed by atoms with Gasteiger partial charge in [0.05, 0.1) is 0 Å². The van der Waals surface area contributed by atoms with Crippen LogP contribution >= 0.6 is 0 Å². The molecule has 1 amide bonds. The van der Waals surface area contributed by atoms with Gasteiger partial charge in [-0.2, -0.15) is 4.52 Å². The Kier molecular flexibility index (Phi) is 4.05. The lowest BCUT2D eigenvalue weighted by atomic mass is 10.1. The molecule has 1 atom stereocenters. The van der Waals surface area contributed by atoms with E-state index in [1.165, 1.54) is 0 Å². The molecule has 0 aliphatic carbocycles. The highest BCUT2D eigenvalue weighted by molar-refractivity contribution is 5.73. The maximum Gasteiger partial charge on any atom is 0.217 e. The average Bonchev–Trinajstić information content (AvgIpc) is 3.05.